The highest BCUT2D eigenvalue weighted by atomic mass is 16.5. The van der Waals surface area contributed by atoms with Gasteiger partial charge in [0, 0.05) is 13.1 Å². The number of carbonyl (C=O) groups excluding carboxylic acids is 1. The molecule has 0 saturated heterocycles. The van der Waals surface area contributed by atoms with E-state index in [2.05, 4.69) is 5.32 Å². The molecule has 5 nitrogen and oxygen atoms in total. The van der Waals surface area contributed by atoms with Gasteiger partial charge in [0.2, 0.25) is 0 Å². The highest BCUT2D eigenvalue weighted by Gasteiger charge is 1.99. The fourth-order valence-corrected chi connectivity index (χ4v) is 1.06. The molecule has 0 bridgehead atoms. The van der Waals surface area contributed by atoms with E-state index in [1.54, 1.807) is 24.3 Å². The van der Waals surface area contributed by atoms with Crippen LogP contribution in [0.4, 0.5) is 0 Å². The van der Waals surface area contributed by atoms with Gasteiger partial charge in [-0.1, -0.05) is 12.1 Å². The number of carboxylic acids is 1. The number of hydrogen-bond acceptors (Lipinski definition) is 3. The monoisotopic (exact) mass is 235 g/mol. The van der Waals surface area contributed by atoms with E-state index in [1.165, 1.54) is 13.1 Å². The number of amides is 1. The average Bonchev–Trinajstić information content (AvgIpc) is 2.34. The van der Waals surface area contributed by atoms with E-state index in [0.29, 0.717) is 5.75 Å². The molecule has 90 valence electrons. The van der Waals surface area contributed by atoms with Crippen molar-refractivity contribution in [2.24, 2.45) is 0 Å². The molecular formula is C12H13NO4. The Kier molecular flexibility index (Phi) is 4.75. The van der Waals surface area contributed by atoms with Gasteiger partial charge in [0.15, 0.2) is 6.61 Å². The van der Waals surface area contributed by atoms with Crippen molar-refractivity contribution in [1.29, 1.82) is 0 Å². The van der Waals surface area contributed by atoms with E-state index < -0.39 is 5.97 Å². The van der Waals surface area contributed by atoms with Crippen molar-refractivity contribution >= 4 is 18.0 Å². The van der Waals surface area contributed by atoms with E-state index in [0.717, 1.165) is 11.6 Å². The topological polar surface area (TPSA) is 75.6 Å². The Balaban J connectivity index is 2.56. The standard InChI is InChI=1S/C12H13NO4/c1-13-11(14)8-17-10-5-2-9(3-6-10)4-7-12(15)16/h2-7H,8H2,1H3,(H,13,14)(H,15,16)/b7-4+. The van der Waals surface area contributed by atoms with E-state index in [1.807, 2.05) is 0 Å². The maximum absolute atomic E-state index is 10.9. The number of ether oxygens (including phenoxy) is 1. The molecule has 0 heterocycles. The van der Waals surface area contributed by atoms with Gasteiger partial charge in [0.05, 0.1) is 0 Å². The lowest BCUT2D eigenvalue weighted by Crippen LogP contribution is -2.24. The third kappa shape index (κ3) is 4.83. The Bertz CT molecular complexity index is 423. The summed E-state index contributed by atoms with van der Waals surface area (Å²) in [7, 11) is 1.53. The number of aliphatic carboxylic acids is 1. The number of likely N-dealkylation sites (N-methyl/N-ethyl adjacent to an activating group) is 1. The molecule has 0 radical (unpaired) electrons. The number of carbonyl (C=O) groups is 2. The maximum atomic E-state index is 10.9. The smallest absolute Gasteiger partial charge is 0.328 e. The van der Waals surface area contributed by atoms with Crippen molar-refractivity contribution in [1.82, 2.24) is 5.32 Å². The minimum absolute atomic E-state index is 0.0409. The molecule has 1 aromatic carbocycles. The normalized spacial score (nSPS) is 10.2. The van der Waals surface area contributed by atoms with Gasteiger partial charge in [-0.05, 0) is 23.8 Å². The number of rotatable bonds is 5. The summed E-state index contributed by atoms with van der Waals surface area (Å²) in [6.45, 7) is -0.0409. The van der Waals surface area contributed by atoms with Gasteiger partial charge < -0.3 is 15.2 Å². The lowest BCUT2D eigenvalue weighted by molar-refractivity contribution is -0.131. The molecule has 17 heavy (non-hydrogen) atoms. The van der Waals surface area contributed by atoms with Crippen LogP contribution >= 0.6 is 0 Å². The lowest BCUT2D eigenvalue weighted by Gasteiger charge is -2.04. The first kappa shape index (κ1) is 12.8. The summed E-state index contributed by atoms with van der Waals surface area (Å²) in [5.74, 6) is -0.647. The largest absolute Gasteiger partial charge is 0.484 e. The first-order valence-corrected chi connectivity index (χ1v) is 4.96. The summed E-state index contributed by atoms with van der Waals surface area (Å²) >= 11 is 0. The maximum Gasteiger partial charge on any atom is 0.328 e. The summed E-state index contributed by atoms with van der Waals surface area (Å²) < 4.78 is 5.19. The van der Waals surface area contributed by atoms with E-state index >= 15 is 0 Å². The second-order valence-corrected chi connectivity index (χ2v) is 3.20. The molecule has 0 aliphatic heterocycles. The zero-order valence-electron chi connectivity index (χ0n) is 9.34. The molecule has 1 aromatic rings. The summed E-state index contributed by atoms with van der Waals surface area (Å²) in [5.41, 5.74) is 0.750. The number of benzene rings is 1. The van der Waals surface area contributed by atoms with Crippen LogP contribution in [0.25, 0.3) is 6.08 Å². The van der Waals surface area contributed by atoms with Gasteiger partial charge in [-0.2, -0.15) is 0 Å². The molecule has 0 spiro atoms. The predicted molar refractivity (Wildman–Crippen MR) is 62.7 cm³/mol. The minimum Gasteiger partial charge on any atom is -0.484 e. The molecule has 1 amide bonds. The Labute approximate surface area is 98.7 Å². The molecule has 1 rings (SSSR count). The zero-order chi connectivity index (χ0) is 12.7. The Morgan fingerprint density at radius 1 is 1.35 bits per heavy atom. The second kappa shape index (κ2) is 6.32. The zero-order valence-corrected chi connectivity index (χ0v) is 9.34. The Morgan fingerprint density at radius 2 is 2.00 bits per heavy atom. The fourth-order valence-electron chi connectivity index (χ4n) is 1.06. The fraction of sp³-hybridized carbons (Fsp3) is 0.167. The molecule has 5 heteroatoms. The third-order valence-corrected chi connectivity index (χ3v) is 1.95. The van der Waals surface area contributed by atoms with Crippen LogP contribution in [-0.4, -0.2) is 30.6 Å². The van der Waals surface area contributed by atoms with Crippen LogP contribution in [-0.2, 0) is 9.59 Å². The lowest BCUT2D eigenvalue weighted by atomic mass is 10.2. The molecule has 0 atom stereocenters. The molecule has 2 N–H and O–H groups in total. The van der Waals surface area contributed by atoms with Crippen molar-refractivity contribution in [3.8, 4) is 5.75 Å². The van der Waals surface area contributed by atoms with Crippen LogP contribution in [0.3, 0.4) is 0 Å². The van der Waals surface area contributed by atoms with Gasteiger partial charge in [-0.15, -0.1) is 0 Å². The molecule has 0 saturated carbocycles. The van der Waals surface area contributed by atoms with Crippen LogP contribution in [0, 0.1) is 0 Å². The molecule has 0 fully saturated rings. The minimum atomic E-state index is -0.995. The number of carboxylic acid groups (broad SMARTS) is 1. The quantitative estimate of drug-likeness (QED) is 0.744. The first-order chi connectivity index (χ1) is 8.11. The van der Waals surface area contributed by atoms with Crippen LogP contribution in [0.2, 0.25) is 0 Å². The third-order valence-electron chi connectivity index (χ3n) is 1.95. The first-order valence-electron chi connectivity index (χ1n) is 4.96. The van der Waals surface area contributed by atoms with Crippen molar-refractivity contribution in [2.75, 3.05) is 13.7 Å². The van der Waals surface area contributed by atoms with Gasteiger partial charge in [-0.25, -0.2) is 4.79 Å². The van der Waals surface area contributed by atoms with Crippen LogP contribution in [0.15, 0.2) is 30.3 Å². The van der Waals surface area contributed by atoms with E-state index in [4.69, 9.17) is 9.84 Å². The van der Waals surface area contributed by atoms with Crippen molar-refractivity contribution in [3.05, 3.63) is 35.9 Å². The highest BCUT2D eigenvalue weighted by molar-refractivity contribution is 5.85. The van der Waals surface area contributed by atoms with Crippen LogP contribution in [0.1, 0.15) is 5.56 Å². The summed E-state index contributed by atoms with van der Waals surface area (Å²) in [4.78, 5) is 21.2. The summed E-state index contributed by atoms with van der Waals surface area (Å²) in [6, 6.07) is 6.76. The Hall–Kier alpha value is -2.30. The summed E-state index contributed by atoms with van der Waals surface area (Å²) in [6.07, 6.45) is 2.53. The van der Waals surface area contributed by atoms with Gasteiger partial charge in [0.1, 0.15) is 5.75 Å². The van der Waals surface area contributed by atoms with Crippen molar-refractivity contribution in [3.63, 3.8) is 0 Å². The molecule has 0 aromatic heterocycles. The molecule has 0 aliphatic carbocycles. The summed E-state index contributed by atoms with van der Waals surface area (Å²) in [5, 5.41) is 10.9. The molecular weight excluding hydrogens is 222 g/mol. The van der Waals surface area contributed by atoms with Gasteiger partial charge >= 0.3 is 5.97 Å². The molecule has 0 unspecified atom stereocenters. The number of nitrogens with one attached hydrogen (secondary N) is 1. The van der Waals surface area contributed by atoms with Crippen LogP contribution < -0.4 is 10.1 Å². The average molecular weight is 235 g/mol. The van der Waals surface area contributed by atoms with Gasteiger partial charge in [0.25, 0.3) is 5.91 Å². The van der Waals surface area contributed by atoms with E-state index in [9.17, 15) is 9.59 Å². The van der Waals surface area contributed by atoms with Gasteiger partial charge in [-0.3, -0.25) is 4.79 Å². The second-order valence-electron chi connectivity index (χ2n) is 3.20. The van der Waals surface area contributed by atoms with Crippen LogP contribution in [0.5, 0.6) is 5.75 Å². The number of hydrogen-bond donors (Lipinski definition) is 2. The molecule has 0 aliphatic rings. The SMILES string of the molecule is CNC(=O)COc1ccc(/C=C/C(=O)O)cc1. The van der Waals surface area contributed by atoms with Crippen molar-refractivity contribution < 1.29 is 19.4 Å². The predicted octanol–water partition coefficient (Wildman–Crippen LogP) is 0.909. The highest BCUT2D eigenvalue weighted by Crippen LogP contribution is 2.12. The van der Waals surface area contributed by atoms with Crippen molar-refractivity contribution in [2.45, 2.75) is 0 Å². The Morgan fingerprint density at radius 3 is 2.53 bits per heavy atom. The van der Waals surface area contributed by atoms with E-state index in [-0.39, 0.29) is 12.5 Å².